The first-order valence-electron chi connectivity index (χ1n) is 9.74. The van der Waals surface area contributed by atoms with Gasteiger partial charge in [-0.2, -0.15) is 0 Å². The van der Waals surface area contributed by atoms with Crippen molar-refractivity contribution in [1.82, 2.24) is 0 Å². The van der Waals surface area contributed by atoms with Crippen LogP contribution in [0.3, 0.4) is 0 Å². The summed E-state index contributed by atoms with van der Waals surface area (Å²) >= 11 is 0. The summed E-state index contributed by atoms with van der Waals surface area (Å²) in [5, 5.41) is 6.91. The summed E-state index contributed by atoms with van der Waals surface area (Å²) in [5.41, 5.74) is 2.02. The third kappa shape index (κ3) is 13.1. The zero-order chi connectivity index (χ0) is 22.7. The molecule has 0 spiro atoms. The van der Waals surface area contributed by atoms with Gasteiger partial charge in [0.25, 0.3) is 0 Å². The number of nitrogens with one attached hydrogen (secondary N) is 1. The zero-order valence-corrected chi connectivity index (χ0v) is 19.2. The minimum Gasteiger partial charge on any atom is -0.493 e. The molecule has 0 aromatic heterocycles. The van der Waals surface area contributed by atoms with E-state index in [4.69, 9.17) is 19.6 Å². The van der Waals surface area contributed by atoms with E-state index in [0.29, 0.717) is 17.2 Å². The lowest BCUT2D eigenvalue weighted by molar-refractivity contribution is -0.117. The second kappa shape index (κ2) is 18.5. The summed E-state index contributed by atoms with van der Waals surface area (Å²) < 4.78 is 15.9. The number of carbonyl (C=O) groups is 1. The molecule has 0 amide bonds. The van der Waals surface area contributed by atoms with E-state index >= 15 is 0 Å². The molecule has 0 heterocycles. The van der Waals surface area contributed by atoms with E-state index in [2.05, 4.69) is 0 Å². The van der Waals surface area contributed by atoms with Crippen LogP contribution in [0.15, 0.2) is 42.0 Å². The SMILES string of the molecule is CC.CCCC(C)=O.COc1cc(/C=C/C(C)=C/C=C\C=N)cc(OC)c1OC. The minimum atomic E-state index is 0.289. The smallest absolute Gasteiger partial charge is 0.203 e. The van der Waals surface area contributed by atoms with Crippen LogP contribution in [0.1, 0.15) is 53.0 Å². The Hall–Kier alpha value is -2.82. The van der Waals surface area contributed by atoms with Gasteiger partial charge in [-0.15, -0.1) is 0 Å². The average Bonchev–Trinajstić information content (AvgIpc) is 2.73. The van der Waals surface area contributed by atoms with Gasteiger partial charge in [0.05, 0.1) is 21.3 Å². The van der Waals surface area contributed by atoms with E-state index in [1.807, 2.05) is 64.1 Å². The number of methoxy groups -OCH3 is 3. The normalized spacial score (nSPS) is 10.6. The van der Waals surface area contributed by atoms with Crippen LogP contribution in [-0.2, 0) is 4.79 Å². The second-order valence-corrected chi connectivity index (χ2v) is 5.71. The molecular formula is C24H37NO4. The third-order valence-electron chi connectivity index (χ3n) is 3.39. The van der Waals surface area contributed by atoms with Gasteiger partial charge in [-0.1, -0.05) is 50.6 Å². The van der Waals surface area contributed by atoms with Gasteiger partial charge in [0, 0.05) is 12.6 Å². The van der Waals surface area contributed by atoms with Crippen LogP contribution < -0.4 is 14.2 Å². The number of ether oxygens (including phenoxy) is 3. The Kier molecular flexibility index (Phi) is 18.1. The van der Waals surface area contributed by atoms with Crippen molar-refractivity contribution in [1.29, 1.82) is 5.41 Å². The molecule has 0 saturated heterocycles. The zero-order valence-electron chi connectivity index (χ0n) is 19.2. The van der Waals surface area contributed by atoms with E-state index in [-0.39, 0.29) is 5.78 Å². The van der Waals surface area contributed by atoms with Crippen molar-refractivity contribution in [2.45, 2.75) is 47.5 Å². The Morgan fingerprint density at radius 1 is 1.00 bits per heavy atom. The molecule has 0 radical (unpaired) electrons. The molecule has 0 aliphatic rings. The number of allylic oxidation sites excluding steroid dienone is 5. The van der Waals surface area contributed by atoms with Crippen LogP contribution in [-0.4, -0.2) is 33.3 Å². The fourth-order valence-corrected chi connectivity index (χ4v) is 2.10. The number of hydrogen-bond donors (Lipinski definition) is 1. The molecule has 29 heavy (non-hydrogen) atoms. The van der Waals surface area contributed by atoms with E-state index < -0.39 is 0 Å². The Bertz CT molecular complexity index is 663. The van der Waals surface area contributed by atoms with Gasteiger partial charge in [0.2, 0.25) is 5.75 Å². The fraction of sp³-hybridized carbons (Fsp3) is 0.417. The van der Waals surface area contributed by atoms with Crippen LogP contribution in [0.2, 0.25) is 0 Å². The van der Waals surface area contributed by atoms with Crippen LogP contribution >= 0.6 is 0 Å². The molecule has 1 rings (SSSR count). The summed E-state index contributed by atoms with van der Waals surface area (Å²) in [6, 6.07) is 3.77. The molecule has 0 aliphatic carbocycles. The summed E-state index contributed by atoms with van der Waals surface area (Å²) in [4.78, 5) is 10.0. The van der Waals surface area contributed by atoms with Crippen LogP contribution in [0.4, 0.5) is 0 Å². The lowest BCUT2D eigenvalue weighted by atomic mass is 10.1. The third-order valence-corrected chi connectivity index (χ3v) is 3.39. The first kappa shape index (κ1) is 28.4. The number of rotatable bonds is 9. The standard InChI is InChI=1S/C17H21NO3.C5H10O.C2H6/c1-13(7-5-6-10-18)8-9-14-11-15(19-2)17(21-4)16(12-14)20-3;1-3-4-5(2)6;1-2/h5-12,18H,1-4H3;3-4H2,1-2H3;1-2H3/b6-5-,9-8+,13-7+,18-10?;;. The topological polar surface area (TPSA) is 68.6 Å². The molecular weight excluding hydrogens is 366 g/mol. The highest BCUT2D eigenvalue weighted by Crippen LogP contribution is 2.38. The van der Waals surface area contributed by atoms with Crippen molar-refractivity contribution in [2.75, 3.05) is 21.3 Å². The van der Waals surface area contributed by atoms with Gasteiger partial charge in [-0.05, 0) is 44.0 Å². The quantitative estimate of drug-likeness (QED) is 0.389. The van der Waals surface area contributed by atoms with Crippen LogP contribution in [0, 0.1) is 5.41 Å². The van der Waals surface area contributed by atoms with E-state index in [0.717, 1.165) is 24.0 Å². The predicted octanol–water partition coefficient (Wildman–Crippen LogP) is 6.28. The Labute approximate surface area is 176 Å². The first-order valence-corrected chi connectivity index (χ1v) is 9.74. The van der Waals surface area contributed by atoms with Gasteiger partial charge < -0.3 is 24.4 Å². The van der Waals surface area contributed by atoms with Crippen molar-refractivity contribution in [3.63, 3.8) is 0 Å². The monoisotopic (exact) mass is 403 g/mol. The lowest BCUT2D eigenvalue weighted by Crippen LogP contribution is -1.95. The van der Waals surface area contributed by atoms with Gasteiger partial charge in [0.15, 0.2) is 11.5 Å². The van der Waals surface area contributed by atoms with Gasteiger partial charge >= 0.3 is 0 Å². The van der Waals surface area contributed by atoms with Crippen molar-refractivity contribution >= 4 is 18.1 Å². The molecule has 1 aromatic rings. The number of ketones is 1. The highest BCUT2D eigenvalue weighted by molar-refractivity contribution is 5.75. The molecule has 5 nitrogen and oxygen atoms in total. The molecule has 0 unspecified atom stereocenters. The molecule has 0 atom stereocenters. The number of Topliss-reactive ketones (excluding diaryl/α,β-unsaturated/α-hetero) is 1. The molecule has 1 aromatic carbocycles. The van der Waals surface area contributed by atoms with E-state index in [1.165, 1.54) is 6.21 Å². The highest BCUT2D eigenvalue weighted by atomic mass is 16.5. The average molecular weight is 404 g/mol. The van der Waals surface area contributed by atoms with Crippen molar-refractivity contribution < 1.29 is 19.0 Å². The fourth-order valence-electron chi connectivity index (χ4n) is 2.10. The summed E-state index contributed by atoms with van der Waals surface area (Å²) in [6.07, 6.45) is 12.3. The summed E-state index contributed by atoms with van der Waals surface area (Å²) in [6.45, 7) is 9.60. The number of carbonyl (C=O) groups excluding carboxylic acids is 1. The summed E-state index contributed by atoms with van der Waals surface area (Å²) in [7, 11) is 4.77. The molecule has 0 aliphatic heterocycles. The Morgan fingerprint density at radius 2 is 1.55 bits per heavy atom. The molecule has 1 N–H and O–H groups in total. The first-order chi connectivity index (χ1) is 13.9. The number of hydrogen-bond acceptors (Lipinski definition) is 5. The minimum absolute atomic E-state index is 0.289. The molecule has 5 heteroatoms. The van der Waals surface area contributed by atoms with E-state index in [1.54, 1.807) is 34.3 Å². The van der Waals surface area contributed by atoms with Gasteiger partial charge in [0.1, 0.15) is 5.78 Å². The van der Waals surface area contributed by atoms with E-state index in [9.17, 15) is 4.79 Å². The Morgan fingerprint density at radius 3 is 1.90 bits per heavy atom. The predicted molar refractivity (Wildman–Crippen MR) is 124 cm³/mol. The second-order valence-electron chi connectivity index (χ2n) is 5.71. The van der Waals surface area contributed by atoms with Gasteiger partial charge in [-0.25, -0.2) is 0 Å². The maximum atomic E-state index is 10.0. The molecule has 0 fully saturated rings. The van der Waals surface area contributed by atoms with Crippen LogP contribution in [0.5, 0.6) is 17.2 Å². The number of benzene rings is 1. The maximum absolute atomic E-state index is 10.0. The van der Waals surface area contributed by atoms with Crippen molar-refractivity contribution in [2.24, 2.45) is 0 Å². The van der Waals surface area contributed by atoms with Crippen molar-refractivity contribution in [3.8, 4) is 17.2 Å². The lowest BCUT2D eigenvalue weighted by Gasteiger charge is -2.12. The van der Waals surface area contributed by atoms with Crippen LogP contribution in [0.25, 0.3) is 6.08 Å². The molecule has 162 valence electrons. The largest absolute Gasteiger partial charge is 0.493 e. The van der Waals surface area contributed by atoms with Gasteiger partial charge in [-0.3, -0.25) is 0 Å². The molecule has 0 bridgehead atoms. The molecule has 0 saturated carbocycles. The maximum Gasteiger partial charge on any atom is 0.203 e. The summed E-state index contributed by atoms with van der Waals surface area (Å²) in [5.74, 6) is 2.12. The van der Waals surface area contributed by atoms with Crippen molar-refractivity contribution in [3.05, 3.63) is 47.6 Å². The highest BCUT2D eigenvalue weighted by Gasteiger charge is 2.11. The Balaban J connectivity index is 0.